The maximum Gasteiger partial charge on any atom is 0.347 e. The van der Waals surface area contributed by atoms with Crippen LogP contribution in [0.3, 0.4) is 0 Å². The first-order chi connectivity index (χ1) is 10.2. The first-order valence-corrected chi connectivity index (χ1v) is 7.23. The summed E-state index contributed by atoms with van der Waals surface area (Å²) in [6.45, 7) is 2.69. The zero-order valence-corrected chi connectivity index (χ0v) is 12.1. The molecule has 3 rings (SSSR count). The van der Waals surface area contributed by atoms with E-state index in [-0.39, 0.29) is 11.1 Å². The van der Waals surface area contributed by atoms with E-state index in [9.17, 15) is 9.90 Å². The summed E-state index contributed by atoms with van der Waals surface area (Å²) in [5.74, 6) is 1.04. The summed E-state index contributed by atoms with van der Waals surface area (Å²) in [7, 11) is 1.53. The number of nitrogens with zero attached hydrogens (tertiary/aromatic N) is 1. The number of aromatic hydroxyl groups is 1. The molecule has 0 saturated carbocycles. The van der Waals surface area contributed by atoms with Crippen LogP contribution in [0.4, 0.5) is 0 Å². The Balaban J connectivity index is 1.99. The van der Waals surface area contributed by atoms with Gasteiger partial charge in [0.2, 0.25) is 0 Å². The van der Waals surface area contributed by atoms with Crippen LogP contribution in [-0.4, -0.2) is 30.2 Å². The van der Waals surface area contributed by atoms with Crippen molar-refractivity contribution < 1.29 is 14.3 Å². The minimum absolute atomic E-state index is 0.109. The molecule has 0 aliphatic carbocycles. The molecule has 0 unspecified atom stereocenters. The van der Waals surface area contributed by atoms with Gasteiger partial charge in [-0.2, -0.15) is 0 Å². The second-order valence-electron chi connectivity index (χ2n) is 5.45. The van der Waals surface area contributed by atoms with Crippen LogP contribution < -0.4 is 10.4 Å². The summed E-state index contributed by atoms with van der Waals surface area (Å²) >= 11 is 0. The quantitative estimate of drug-likeness (QED) is 0.940. The second-order valence-corrected chi connectivity index (χ2v) is 5.45. The van der Waals surface area contributed by atoms with Crippen molar-refractivity contribution >= 4 is 10.8 Å². The Morgan fingerprint density at radius 1 is 1.24 bits per heavy atom. The lowest BCUT2D eigenvalue weighted by molar-refractivity contribution is 0.202. The van der Waals surface area contributed by atoms with Gasteiger partial charge in [-0.25, -0.2) is 4.79 Å². The van der Waals surface area contributed by atoms with Gasteiger partial charge in [-0.1, -0.05) is 6.42 Å². The third-order valence-electron chi connectivity index (χ3n) is 3.93. The third kappa shape index (κ3) is 2.88. The van der Waals surface area contributed by atoms with Crippen molar-refractivity contribution in [1.82, 2.24) is 4.90 Å². The zero-order chi connectivity index (χ0) is 14.8. The van der Waals surface area contributed by atoms with E-state index in [2.05, 4.69) is 4.90 Å². The average molecular weight is 289 g/mol. The molecule has 2 aromatic rings. The van der Waals surface area contributed by atoms with Crippen molar-refractivity contribution in [2.24, 2.45) is 0 Å². The highest BCUT2D eigenvalue weighted by molar-refractivity contribution is 5.88. The number of fused-ring (bicyclic) bond motifs is 1. The number of likely N-dealkylation sites (tertiary alicyclic amines) is 1. The molecule has 1 aromatic carbocycles. The van der Waals surface area contributed by atoms with Crippen molar-refractivity contribution in [2.75, 3.05) is 20.2 Å². The van der Waals surface area contributed by atoms with Crippen molar-refractivity contribution in [3.63, 3.8) is 0 Å². The second kappa shape index (κ2) is 5.77. The van der Waals surface area contributed by atoms with Crippen LogP contribution >= 0.6 is 0 Å². The lowest BCUT2D eigenvalue weighted by Gasteiger charge is -2.25. The monoisotopic (exact) mass is 289 g/mol. The van der Waals surface area contributed by atoms with Gasteiger partial charge < -0.3 is 14.3 Å². The molecule has 5 nitrogen and oxygen atoms in total. The van der Waals surface area contributed by atoms with Crippen molar-refractivity contribution in [3.05, 3.63) is 34.4 Å². The number of hydrogen-bond donors (Lipinski definition) is 1. The Hall–Kier alpha value is -2.01. The normalized spacial score (nSPS) is 16.2. The van der Waals surface area contributed by atoms with E-state index in [1.165, 1.54) is 32.4 Å². The van der Waals surface area contributed by atoms with Gasteiger partial charge in [0, 0.05) is 6.07 Å². The number of ether oxygens (including phenoxy) is 1. The SMILES string of the molecule is COc1cc(O)c2c(=O)oc(CN3CCCCC3)cc2c1. The average Bonchev–Trinajstić information content (AvgIpc) is 2.47. The topological polar surface area (TPSA) is 62.9 Å². The number of phenols is 1. The molecule has 1 fully saturated rings. The van der Waals surface area contributed by atoms with Crippen LogP contribution in [-0.2, 0) is 6.54 Å². The van der Waals surface area contributed by atoms with E-state index in [1.54, 1.807) is 6.07 Å². The van der Waals surface area contributed by atoms with Gasteiger partial charge >= 0.3 is 5.63 Å². The molecule has 0 amide bonds. The predicted octanol–water partition coefficient (Wildman–Crippen LogP) is 2.49. The summed E-state index contributed by atoms with van der Waals surface area (Å²) in [6.07, 6.45) is 3.64. The molecule has 2 heterocycles. The summed E-state index contributed by atoms with van der Waals surface area (Å²) in [4.78, 5) is 14.4. The van der Waals surface area contributed by atoms with Gasteiger partial charge in [-0.05, 0) is 43.5 Å². The predicted molar refractivity (Wildman–Crippen MR) is 79.8 cm³/mol. The summed E-state index contributed by atoms with van der Waals surface area (Å²) in [5, 5.41) is 10.8. The number of piperidine rings is 1. The van der Waals surface area contributed by atoms with E-state index in [4.69, 9.17) is 9.15 Å². The van der Waals surface area contributed by atoms with Gasteiger partial charge in [0.15, 0.2) is 0 Å². The van der Waals surface area contributed by atoms with Crippen LogP contribution in [0.1, 0.15) is 25.0 Å². The Bertz CT molecular complexity index is 701. The van der Waals surface area contributed by atoms with E-state index >= 15 is 0 Å². The Labute approximate surface area is 122 Å². The van der Waals surface area contributed by atoms with Crippen LogP contribution in [0.15, 0.2) is 27.4 Å². The molecular formula is C16H19NO4. The highest BCUT2D eigenvalue weighted by Crippen LogP contribution is 2.28. The smallest absolute Gasteiger partial charge is 0.347 e. The van der Waals surface area contributed by atoms with Crippen LogP contribution in [0.2, 0.25) is 0 Å². The van der Waals surface area contributed by atoms with Crippen molar-refractivity contribution in [2.45, 2.75) is 25.8 Å². The fourth-order valence-electron chi connectivity index (χ4n) is 2.86. The molecule has 1 N–H and O–H groups in total. The molecular weight excluding hydrogens is 270 g/mol. The molecule has 0 radical (unpaired) electrons. The highest BCUT2D eigenvalue weighted by atomic mass is 16.5. The number of rotatable bonds is 3. The lowest BCUT2D eigenvalue weighted by atomic mass is 10.1. The maximum atomic E-state index is 12.1. The number of phenolic OH excluding ortho intramolecular Hbond substituents is 1. The molecule has 0 spiro atoms. The first-order valence-electron chi connectivity index (χ1n) is 7.23. The maximum absolute atomic E-state index is 12.1. The molecule has 1 aliphatic heterocycles. The summed E-state index contributed by atoms with van der Waals surface area (Å²) in [6, 6.07) is 4.98. The highest BCUT2D eigenvalue weighted by Gasteiger charge is 2.15. The fraction of sp³-hybridized carbons (Fsp3) is 0.438. The van der Waals surface area contributed by atoms with Gasteiger partial charge in [-0.15, -0.1) is 0 Å². The Morgan fingerprint density at radius 3 is 2.71 bits per heavy atom. The van der Waals surface area contributed by atoms with Crippen LogP contribution in [0.5, 0.6) is 11.5 Å². The third-order valence-corrected chi connectivity index (χ3v) is 3.93. The number of hydrogen-bond acceptors (Lipinski definition) is 5. The minimum atomic E-state index is -0.500. The van der Waals surface area contributed by atoms with Crippen LogP contribution in [0.25, 0.3) is 10.8 Å². The van der Waals surface area contributed by atoms with E-state index in [1.807, 2.05) is 6.07 Å². The Kier molecular flexibility index (Phi) is 3.84. The zero-order valence-electron chi connectivity index (χ0n) is 12.1. The van der Waals surface area contributed by atoms with Gasteiger partial charge in [0.25, 0.3) is 0 Å². The molecule has 1 aromatic heterocycles. The molecule has 0 bridgehead atoms. The molecule has 1 aliphatic rings. The van der Waals surface area contributed by atoms with Gasteiger partial charge in [-0.3, -0.25) is 4.90 Å². The lowest BCUT2D eigenvalue weighted by Crippen LogP contribution is -2.29. The number of benzene rings is 1. The Morgan fingerprint density at radius 2 is 2.00 bits per heavy atom. The molecule has 112 valence electrons. The van der Waals surface area contributed by atoms with Crippen molar-refractivity contribution in [3.8, 4) is 11.5 Å². The first kappa shape index (κ1) is 13.9. The van der Waals surface area contributed by atoms with E-state index in [0.29, 0.717) is 23.4 Å². The fourth-order valence-corrected chi connectivity index (χ4v) is 2.86. The minimum Gasteiger partial charge on any atom is -0.507 e. The van der Waals surface area contributed by atoms with E-state index in [0.717, 1.165) is 13.1 Å². The van der Waals surface area contributed by atoms with Crippen LogP contribution in [0, 0.1) is 0 Å². The summed E-state index contributed by atoms with van der Waals surface area (Å²) in [5.41, 5.74) is -0.500. The number of methoxy groups -OCH3 is 1. The van der Waals surface area contributed by atoms with E-state index < -0.39 is 5.63 Å². The molecule has 0 atom stereocenters. The van der Waals surface area contributed by atoms with Gasteiger partial charge in [0.05, 0.1) is 13.7 Å². The standard InChI is InChI=1S/C16H19NO4/c1-20-12-7-11-8-13(10-17-5-3-2-4-6-17)21-16(19)15(11)14(18)9-12/h7-9,18H,2-6,10H2,1H3. The summed E-state index contributed by atoms with van der Waals surface area (Å²) < 4.78 is 10.5. The molecule has 21 heavy (non-hydrogen) atoms. The largest absolute Gasteiger partial charge is 0.507 e. The molecule has 5 heteroatoms. The van der Waals surface area contributed by atoms with Crippen molar-refractivity contribution in [1.29, 1.82) is 0 Å². The molecule has 1 saturated heterocycles. The van der Waals surface area contributed by atoms with Gasteiger partial charge in [0.1, 0.15) is 22.6 Å².